The van der Waals surface area contributed by atoms with Crippen LogP contribution in [0, 0.1) is 0 Å². The zero-order chi connectivity index (χ0) is 23.3. The van der Waals surface area contributed by atoms with Gasteiger partial charge in [-0.15, -0.1) is 0 Å². The van der Waals surface area contributed by atoms with Crippen molar-refractivity contribution in [3.05, 3.63) is 84.8 Å². The molecule has 0 spiro atoms. The maximum absolute atomic E-state index is 12.9. The monoisotopic (exact) mass is 464 g/mol. The molecule has 11 heteroatoms. The highest BCUT2D eigenvalue weighted by atomic mass is 32.2. The summed E-state index contributed by atoms with van der Waals surface area (Å²) in [6.45, 7) is -0.0269. The van der Waals surface area contributed by atoms with Crippen molar-refractivity contribution >= 4 is 27.6 Å². The van der Waals surface area contributed by atoms with E-state index < -0.39 is 15.9 Å². The lowest BCUT2D eigenvalue weighted by molar-refractivity contribution is 0.101. The minimum atomic E-state index is -3.88. The van der Waals surface area contributed by atoms with Crippen molar-refractivity contribution < 1.29 is 18.3 Å². The summed E-state index contributed by atoms with van der Waals surface area (Å²) >= 11 is 0. The van der Waals surface area contributed by atoms with Gasteiger partial charge in [-0.05, 0) is 36.4 Å². The Labute approximate surface area is 190 Å². The summed E-state index contributed by atoms with van der Waals surface area (Å²) in [4.78, 5) is 20.6. The van der Waals surface area contributed by atoms with E-state index in [1.165, 1.54) is 41.3 Å². The first kappa shape index (κ1) is 22.1. The SMILES string of the molecule is O=C(Nc1ccc(S(=O)(=O)Nc2ncccn2)cc1)c1cc(-c2ccccc2)nn1CCO. The van der Waals surface area contributed by atoms with Crippen molar-refractivity contribution in [1.29, 1.82) is 0 Å². The molecule has 4 rings (SSSR count). The fourth-order valence-electron chi connectivity index (χ4n) is 3.06. The van der Waals surface area contributed by atoms with E-state index >= 15 is 0 Å². The summed E-state index contributed by atoms with van der Waals surface area (Å²) in [7, 11) is -3.88. The molecule has 0 saturated heterocycles. The van der Waals surface area contributed by atoms with E-state index in [1.54, 1.807) is 12.1 Å². The molecule has 33 heavy (non-hydrogen) atoms. The average molecular weight is 465 g/mol. The highest BCUT2D eigenvalue weighted by molar-refractivity contribution is 7.92. The van der Waals surface area contributed by atoms with E-state index in [9.17, 15) is 18.3 Å². The van der Waals surface area contributed by atoms with Gasteiger partial charge in [0.1, 0.15) is 5.69 Å². The van der Waals surface area contributed by atoms with Crippen LogP contribution in [0.25, 0.3) is 11.3 Å². The maximum atomic E-state index is 12.9. The second-order valence-electron chi connectivity index (χ2n) is 6.88. The van der Waals surface area contributed by atoms with Crippen molar-refractivity contribution in [1.82, 2.24) is 19.7 Å². The number of aliphatic hydroxyl groups excluding tert-OH is 1. The molecule has 0 atom stereocenters. The molecule has 3 N–H and O–H groups in total. The largest absolute Gasteiger partial charge is 0.394 e. The molecule has 2 heterocycles. The van der Waals surface area contributed by atoms with E-state index in [4.69, 9.17) is 0 Å². The molecule has 2 aromatic heterocycles. The van der Waals surface area contributed by atoms with E-state index in [1.807, 2.05) is 30.3 Å². The van der Waals surface area contributed by atoms with Crippen molar-refractivity contribution in [3.63, 3.8) is 0 Å². The van der Waals surface area contributed by atoms with Gasteiger partial charge in [-0.1, -0.05) is 30.3 Å². The zero-order valence-corrected chi connectivity index (χ0v) is 18.1. The third-order valence-electron chi connectivity index (χ3n) is 4.61. The molecule has 2 aromatic carbocycles. The van der Waals surface area contributed by atoms with Crippen LogP contribution in [-0.2, 0) is 16.6 Å². The number of nitrogens with one attached hydrogen (secondary N) is 2. The van der Waals surface area contributed by atoms with Crippen molar-refractivity contribution in [2.45, 2.75) is 11.4 Å². The standard InChI is InChI=1S/C22H20N6O4S/c29-14-13-28-20(15-19(26-28)16-5-2-1-3-6-16)21(30)25-17-7-9-18(10-8-17)33(31,32)27-22-23-11-4-12-24-22/h1-12,15,29H,13-14H2,(H,25,30)(H,23,24,27). The number of aliphatic hydroxyl groups is 1. The maximum Gasteiger partial charge on any atom is 0.273 e. The molecule has 0 fully saturated rings. The smallest absolute Gasteiger partial charge is 0.273 e. The molecule has 0 bridgehead atoms. The second-order valence-corrected chi connectivity index (χ2v) is 8.57. The fraction of sp³-hybridized carbons (Fsp3) is 0.0909. The zero-order valence-electron chi connectivity index (χ0n) is 17.3. The highest BCUT2D eigenvalue weighted by Gasteiger charge is 2.18. The minimum Gasteiger partial charge on any atom is -0.394 e. The Kier molecular flexibility index (Phi) is 6.43. The average Bonchev–Trinajstić information content (AvgIpc) is 3.25. The van der Waals surface area contributed by atoms with Gasteiger partial charge in [-0.3, -0.25) is 9.48 Å². The summed E-state index contributed by atoms with van der Waals surface area (Å²) in [5, 5.41) is 16.5. The molecule has 10 nitrogen and oxygen atoms in total. The number of aromatic nitrogens is 4. The number of hydrogen-bond acceptors (Lipinski definition) is 7. The van der Waals surface area contributed by atoms with Gasteiger partial charge in [0.15, 0.2) is 0 Å². The van der Waals surface area contributed by atoms with Gasteiger partial charge in [0, 0.05) is 23.6 Å². The van der Waals surface area contributed by atoms with Crippen LogP contribution < -0.4 is 10.0 Å². The molecule has 0 saturated carbocycles. The normalized spacial score (nSPS) is 11.2. The number of anilines is 2. The molecule has 0 unspecified atom stereocenters. The van der Waals surface area contributed by atoms with Crippen LogP contribution in [0.15, 0.2) is 84.0 Å². The molecular weight excluding hydrogens is 444 g/mol. The quantitative estimate of drug-likeness (QED) is 0.364. The van der Waals surface area contributed by atoms with Crippen LogP contribution in [0.5, 0.6) is 0 Å². The van der Waals surface area contributed by atoms with Gasteiger partial charge < -0.3 is 10.4 Å². The van der Waals surface area contributed by atoms with Gasteiger partial charge in [0.2, 0.25) is 5.95 Å². The topological polar surface area (TPSA) is 139 Å². The van der Waals surface area contributed by atoms with Crippen molar-refractivity contribution in [2.75, 3.05) is 16.6 Å². The lowest BCUT2D eigenvalue weighted by atomic mass is 10.1. The van der Waals surface area contributed by atoms with Crippen molar-refractivity contribution in [3.8, 4) is 11.3 Å². The number of hydrogen-bond donors (Lipinski definition) is 3. The Bertz CT molecular complexity index is 1340. The second kappa shape index (κ2) is 9.59. The molecule has 0 radical (unpaired) electrons. The number of carbonyl (C=O) groups is 1. The lowest BCUT2D eigenvalue weighted by Gasteiger charge is -2.09. The Morgan fingerprint density at radius 2 is 1.67 bits per heavy atom. The highest BCUT2D eigenvalue weighted by Crippen LogP contribution is 2.21. The summed E-state index contributed by atoms with van der Waals surface area (Å²) in [6, 6.07) is 18.3. The number of nitrogens with zero attached hydrogens (tertiary/aromatic N) is 4. The predicted molar refractivity (Wildman–Crippen MR) is 122 cm³/mol. The van der Waals surface area contributed by atoms with E-state index in [0.717, 1.165) is 5.56 Å². The van der Waals surface area contributed by atoms with Crippen LogP contribution in [0.1, 0.15) is 10.5 Å². The lowest BCUT2D eigenvalue weighted by Crippen LogP contribution is -2.19. The third-order valence-corrected chi connectivity index (χ3v) is 5.95. The Hall–Kier alpha value is -4.09. The van der Waals surface area contributed by atoms with Crippen molar-refractivity contribution in [2.24, 2.45) is 0 Å². The fourth-order valence-corrected chi connectivity index (χ4v) is 4.02. The van der Waals surface area contributed by atoms with E-state index in [0.29, 0.717) is 11.4 Å². The molecule has 168 valence electrons. The van der Waals surface area contributed by atoms with Gasteiger partial charge >= 0.3 is 0 Å². The first-order chi connectivity index (χ1) is 16.0. The first-order valence-corrected chi connectivity index (χ1v) is 11.4. The number of sulfonamides is 1. The Morgan fingerprint density at radius 1 is 0.970 bits per heavy atom. The molecule has 0 aliphatic rings. The van der Waals surface area contributed by atoms with Gasteiger partial charge in [0.05, 0.1) is 23.7 Å². The van der Waals surface area contributed by atoms with Crippen LogP contribution in [-0.4, -0.2) is 45.8 Å². The van der Waals surface area contributed by atoms with Crippen LogP contribution >= 0.6 is 0 Å². The number of amides is 1. The number of carbonyl (C=O) groups excluding carboxylic acids is 1. The first-order valence-electron chi connectivity index (χ1n) is 9.92. The van der Waals surface area contributed by atoms with Crippen LogP contribution in [0.4, 0.5) is 11.6 Å². The van der Waals surface area contributed by atoms with Crippen LogP contribution in [0.2, 0.25) is 0 Å². The van der Waals surface area contributed by atoms with E-state index in [2.05, 4.69) is 25.1 Å². The Balaban J connectivity index is 1.51. The van der Waals surface area contributed by atoms with Gasteiger partial charge in [-0.2, -0.15) is 5.10 Å². The van der Waals surface area contributed by atoms with Crippen LogP contribution in [0.3, 0.4) is 0 Å². The molecular formula is C22H20N6O4S. The Morgan fingerprint density at radius 3 is 2.33 bits per heavy atom. The minimum absolute atomic E-state index is 0.00959. The summed E-state index contributed by atoms with van der Waals surface area (Å²) in [5.74, 6) is -0.481. The van der Waals surface area contributed by atoms with Gasteiger partial charge in [0.25, 0.3) is 15.9 Å². The number of rotatable bonds is 8. The molecule has 4 aromatic rings. The molecule has 0 aliphatic heterocycles. The summed E-state index contributed by atoms with van der Waals surface area (Å²) < 4.78 is 28.7. The summed E-state index contributed by atoms with van der Waals surface area (Å²) in [5.41, 5.74) is 2.10. The predicted octanol–water partition coefficient (Wildman–Crippen LogP) is 2.39. The third kappa shape index (κ3) is 5.22. The summed E-state index contributed by atoms with van der Waals surface area (Å²) in [6.07, 6.45) is 2.85. The van der Waals surface area contributed by atoms with Gasteiger partial charge in [-0.25, -0.2) is 23.1 Å². The molecule has 1 amide bonds. The molecule has 0 aliphatic carbocycles. The van der Waals surface area contributed by atoms with E-state index in [-0.39, 0.29) is 29.7 Å². The number of benzene rings is 2.